The van der Waals surface area contributed by atoms with Crippen LogP contribution < -0.4 is 10.6 Å². The smallest absolute Gasteiger partial charge is 0.407 e. The fourth-order valence-corrected chi connectivity index (χ4v) is 2.21. The Hall–Kier alpha value is -0.780. The molecule has 0 spiro atoms. The predicted octanol–water partition coefficient (Wildman–Crippen LogP) is 1.80. The maximum absolute atomic E-state index is 11.3. The average Bonchev–Trinajstić information content (AvgIpc) is 2.42. The van der Waals surface area contributed by atoms with Crippen molar-refractivity contribution < 1.29 is 14.3 Å². The number of hydrogen-bond acceptors (Lipinski definition) is 3. The van der Waals surface area contributed by atoms with E-state index in [1.165, 1.54) is 19.3 Å². The van der Waals surface area contributed by atoms with Gasteiger partial charge in [0, 0.05) is 13.1 Å². The Morgan fingerprint density at radius 3 is 2.44 bits per heavy atom. The first kappa shape index (κ1) is 15.3. The normalized spacial score (nSPS) is 16.1. The first-order valence-corrected chi connectivity index (χ1v) is 7.58. The summed E-state index contributed by atoms with van der Waals surface area (Å²) in [5, 5.41) is 5.52. The molecular weight excluding hydrogens is 300 g/mol. The van der Waals surface area contributed by atoms with Gasteiger partial charge in [-0.1, -0.05) is 35.2 Å². The van der Waals surface area contributed by atoms with Gasteiger partial charge in [-0.05, 0) is 18.8 Å². The van der Waals surface area contributed by atoms with Crippen LogP contribution in [0.15, 0.2) is 0 Å². The fourth-order valence-electron chi connectivity index (χ4n) is 2.01. The fraction of sp³-hybridized carbons (Fsp3) is 0.833. The van der Waals surface area contributed by atoms with E-state index in [1.54, 1.807) is 0 Å². The second-order valence-corrected chi connectivity index (χ2v) is 5.07. The summed E-state index contributed by atoms with van der Waals surface area (Å²) in [6.07, 6.45) is 5.72. The van der Waals surface area contributed by atoms with E-state index in [-0.39, 0.29) is 11.2 Å². The SMILES string of the molecule is O=C(CBr)NCCNC(=O)OCC1CCCCC1. The van der Waals surface area contributed by atoms with Crippen LogP contribution in [-0.2, 0) is 9.53 Å². The summed E-state index contributed by atoms with van der Waals surface area (Å²) in [6, 6.07) is 0. The minimum atomic E-state index is -0.395. The summed E-state index contributed by atoms with van der Waals surface area (Å²) >= 11 is 3.04. The minimum Gasteiger partial charge on any atom is -0.449 e. The van der Waals surface area contributed by atoms with Crippen molar-refractivity contribution in [2.45, 2.75) is 32.1 Å². The molecule has 0 aromatic heterocycles. The Morgan fingerprint density at radius 2 is 1.78 bits per heavy atom. The summed E-state index contributed by atoms with van der Waals surface area (Å²) < 4.78 is 5.14. The Bertz CT molecular complexity index is 268. The highest BCUT2D eigenvalue weighted by Gasteiger charge is 2.15. The molecule has 0 aliphatic heterocycles. The number of carbonyl (C=O) groups is 2. The lowest BCUT2D eigenvalue weighted by Crippen LogP contribution is -2.35. The average molecular weight is 321 g/mol. The van der Waals surface area contributed by atoms with Gasteiger partial charge in [-0.2, -0.15) is 0 Å². The number of nitrogens with one attached hydrogen (secondary N) is 2. The predicted molar refractivity (Wildman–Crippen MR) is 72.7 cm³/mol. The first-order chi connectivity index (χ1) is 8.72. The highest BCUT2D eigenvalue weighted by Crippen LogP contribution is 2.23. The lowest BCUT2D eigenvalue weighted by Gasteiger charge is -2.21. The van der Waals surface area contributed by atoms with Gasteiger partial charge >= 0.3 is 6.09 Å². The molecule has 104 valence electrons. The molecule has 0 aromatic rings. The van der Waals surface area contributed by atoms with Crippen molar-refractivity contribution in [3.8, 4) is 0 Å². The highest BCUT2D eigenvalue weighted by molar-refractivity contribution is 9.09. The van der Waals surface area contributed by atoms with Crippen molar-refractivity contribution in [2.24, 2.45) is 5.92 Å². The maximum Gasteiger partial charge on any atom is 0.407 e. The van der Waals surface area contributed by atoms with Crippen LogP contribution in [0.5, 0.6) is 0 Å². The molecule has 1 fully saturated rings. The number of ether oxygens (including phenoxy) is 1. The van der Waals surface area contributed by atoms with Gasteiger partial charge in [0.05, 0.1) is 11.9 Å². The Balaban J connectivity index is 1.98. The lowest BCUT2D eigenvalue weighted by atomic mass is 9.90. The van der Waals surface area contributed by atoms with E-state index in [2.05, 4.69) is 26.6 Å². The number of alkyl carbamates (subject to hydrolysis) is 1. The van der Waals surface area contributed by atoms with E-state index in [0.717, 1.165) is 12.8 Å². The van der Waals surface area contributed by atoms with Crippen molar-refractivity contribution in [1.29, 1.82) is 0 Å². The van der Waals surface area contributed by atoms with E-state index in [1.807, 2.05) is 0 Å². The van der Waals surface area contributed by atoms with Crippen LogP contribution in [0.4, 0.5) is 4.79 Å². The molecule has 1 aliphatic rings. The van der Waals surface area contributed by atoms with Crippen LogP contribution in [0.1, 0.15) is 32.1 Å². The van der Waals surface area contributed by atoms with Gasteiger partial charge in [0.15, 0.2) is 0 Å². The molecular formula is C12H21BrN2O3. The molecule has 2 amide bonds. The number of hydrogen-bond donors (Lipinski definition) is 2. The van der Waals surface area contributed by atoms with Crippen LogP contribution in [-0.4, -0.2) is 37.0 Å². The molecule has 0 saturated heterocycles. The van der Waals surface area contributed by atoms with Crippen molar-refractivity contribution in [1.82, 2.24) is 10.6 Å². The molecule has 2 N–H and O–H groups in total. The third-order valence-electron chi connectivity index (χ3n) is 3.01. The molecule has 6 heteroatoms. The lowest BCUT2D eigenvalue weighted by molar-refractivity contribution is -0.118. The summed E-state index contributed by atoms with van der Waals surface area (Å²) in [4.78, 5) is 22.2. The third kappa shape index (κ3) is 6.83. The van der Waals surface area contributed by atoms with Gasteiger partial charge in [-0.3, -0.25) is 4.79 Å². The second-order valence-electron chi connectivity index (χ2n) is 4.51. The van der Waals surface area contributed by atoms with E-state index >= 15 is 0 Å². The minimum absolute atomic E-state index is 0.0904. The van der Waals surface area contributed by atoms with Gasteiger partial charge < -0.3 is 15.4 Å². The molecule has 1 saturated carbocycles. The van der Waals surface area contributed by atoms with Gasteiger partial charge in [0.25, 0.3) is 0 Å². The molecule has 0 radical (unpaired) electrons. The van der Waals surface area contributed by atoms with Crippen molar-refractivity contribution in [3.05, 3.63) is 0 Å². The van der Waals surface area contributed by atoms with E-state index in [4.69, 9.17) is 4.74 Å². The maximum atomic E-state index is 11.3. The first-order valence-electron chi connectivity index (χ1n) is 6.45. The van der Waals surface area contributed by atoms with Gasteiger partial charge in [-0.15, -0.1) is 0 Å². The Labute approximate surface area is 116 Å². The van der Waals surface area contributed by atoms with E-state index < -0.39 is 6.09 Å². The summed E-state index contributed by atoms with van der Waals surface area (Å²) in [5.74, 6) is 0.435. The zero-order valence-electron chi connectivity index (χ0n) is 10.5. The molecule has 0 bridgehead atoms. The van der Waals surface area contributed by atoms with Crippen LogP contribution in [0, 0.1) is 5.92 Å². The molecule has 1 aliphatic carbocycles. The number of rotatable bonds is 6. The molecule has 1 rings (SSSR count). The topological polar surface area (TPSA) is 67.4 Å². The summed E-state index contributed by atoms with van der Waals surface area (Å²) in [5.41, 5.74) is 0. The zero-order valence-corrected chi connectivity index (χ0v) is 12.1. The van der Waals surface area contributed by atoms with Crippen molar-refractivity contribution in [3.63, 3.8) is 0 Å². The van der Waals surface area contributed by atoms with Crippen molar-refractivity contribution in [2.75, 3.05) is 25.0 Å². The van der Waals surface area contributed by atoms with Gasteiger partial charge in [0.1, 0.15) is 0 Å². The van der Waals surface area contributed by atoms with Crippen LogP contribution in [0.2, 0.25) is 0 Å². The number of alkyl halides is 1. The molecule has 0 atom stereocenters. The molecule has 0 unspecified atom stereocenters. The monoisotopic (exact) mass is 320 g/mol. The Kier molecular flexibility index (Phi) is 7.80. The molecule has 18 heavy (non-hydrogen) atoms. The number of carbonyl (C=O) groups excluding carboxylic acids is 2. The zero-order chi connectivity index (χ0) is 13.2. The van der Waals surface area contributed by atoms with Crippen LogP contribution in [0.3, 0.4) is 0 Å². The van der Waals surface area contributed by atoms with Gasteiger partial charge in [0.2, 0.25) is 5.91 Å². The molecule has 0 heterocycles. The third-order valence-corrected chi connectivity index (χ3v) is 3.52. The summed E-state index contributed by atoms with van der Waals surface area (Å²) in [6.45, 7) is 1.32. The van der Waals surface area contributed by atoms with Crippen LogP contribution in [0.25, 0.3) is 0 Å². The van der Waals surface area contributed by atoms with E-state index in [9.17, 15) is 9.59 Å². The quantitative estimate of drug-likeness (QED) is 0.579. The number of amides is 2. The molecule has 5 nitrogen and oxygen atoms in total. The molecule has 0 aromatic carbocycles. The number of halogens is 1. The largest absolute Gasteiger partial charge is 0.449 e. The highest BCUT2D eigenvalue weighted by atomic mass is 79.9. The second kappa shape index (κ2) is 9.19. The standard InChI is InChI=1S/C12H21BrN2O3/c13-8-11(16)14-6-7-15-12(17)18-9-10-4-2-1-3-5-10/h10H,1-9H2,(H,14,16)(H,15,17). The van der Waals surface area contributed by atoms with E-state index in [0.29, 0.717) is 25.6 Å². The Morgan fingerprint density at radius 1 is 1.11 bits per heavy atom. The summed E-state index contributed by atoms with van der Waals surface area (Å²) in [7, 11) is 0. The van der Waals surface area contributed by atoms with Crippen LogP contribution >= 0.6 is 15.9 Å². The van der Waals surface area contributed by atoms with Crippen molar-refractivity contribution >= 4 is 27.9 Å². The van der Waals surface area contributed by atoms with Gasteiger partial charge in [-0.25, -0.2) is 4.79 Å².